The second kappa shape index (κ2) is 49.0. The molecule has 10 unspecified atom stereocenters. The van der Waals surface area contributed by atoms with Crippen LogP contribution in [0.1, 0.15) is 181 Å². The first-order chi connectivity index (χ1) is 56.5. The van der Waals surface area contributed by atoms with Gasteiger partial charge in [-0.1, -0.05) is 128 Å². The minimum atomic E-state index is -4.32. The van der Waals surface area contributed by atoms with Crippen LogP contribution in [0.3, 0.4) is 0 Å². The molecule has 6 heterocycles. The van der Waals surface area contributed by atoms with E-state index < -0.39 is 134 Å². The van der Waals surface area contributed by atoms with Gasteiger partial charge in [-0.3, -0.25) is 36.8 Å². The summed E-state index contributed by atoms with van der Waals surface area (Å²) in [5.74, 6) is -0.553. The molecule has 5 fully saturated rings. The molecule has 2 saturated carbocycles. The van der Waals surface area contributed by atoms with Gasteiger partial charge in [-0.05, 0) is 173 Å². The zero-order valence-electron chi connectivity index (χ0n) is 67.7. The number of ether oxygens (including phenoxy) is 6. The molecule has 27 nitrogen and oxygen atoms in total. The van der Waals surface area contributed by atoms with E-state index in [0.29, 0.717) is 18.6 Å². The number of nitrogens with one attached hydrogen (secondary N) is 3. The number of anilines is 3. The molecule has 3 aromatic carbocycles. The fourth-order valence-corrected chi connectivity index (χ4v) is 169. The molecular weight excluding hydrogens is 1850 g/mol. The molecule has 11 rings (SSSR count). The maximum atomic E-state index is 15.5. The average Bonchev–Trinajstić information content (AvgIpc) is 1.17. The fraction of sp³-hybridized carbons (Fsp3) is 0.568. The highest BCUT2D eigenvalue weighted by Crippen LogP contribution is 3.22. The zero-order valence-corrected chi connectivity index (χ0v) is 84.1. The van der Waals surface area contributed by atoms with Crippen LogP contribution >= 0.6 is 129 Å². The number of halogens is 3. The monoisotopic (exact) mass is 1970 g/mol. The standard InChI is InChI=1S/C31H32FN3O5.C29H47FN5O9P.C13H20FN3O2.CH4.H16P15/c1-3-30(20-36)27(37)26(32)28(40-30)35-19-18-25(33-29(35)38)34-31(21-10-6-4-7-11-21,22-12-8-5-9-13-22)23-14-16-24(39-2)17-15-23;1-4-29(24(36)23(30)25(44-29)35-16-15-22(31)32-28(35)39)17-41-45(40,33-18(2)26(37)42-20-11-7-5-8-12-20)34-19(3)27(38)43-21-13-9-6-10-14-21;1-4-13(5-2)8(3)10(14)11(19-13)17-7-6-9(15)16-12(17)18;;1-9-13(8)15(12(6)7)14(10(2)3)11(4)5/h4-19,26-28,36-37H,3,20H2,1-2H3,(H,33,34,38);15-16,18-21,23-25,36H,4-14,17H2,1-3H3,(H2,31,32,39)(H2,33,34,40);6-8,10-11H,4-5H2,1-3H3,(H2,15,16,18);1H4;1-8H2/q;;;;-1/t26-,27+,28-,30-;18-,19-,23+,24-,25+,29+;8-,10+,11+;;/m100../s1. The molecule has 3 saturated heterocycles. The number of hydrogen-bond acceptors (Lipinski definition) is 22. The summed E-state index contributed by atoms with van der Waals surface area (Å²) in [6.07, 6.45) is 1.44. The normalized spacial score (nSPS) is 24.9. The predicted molar refractivity (Wildman–Crippen MR) is 514 cm³/mol. The fourth-order valence-electron chi connectivity index (χ4n) is 14.8. The van der Waals surface area contributed by atoms with Crippen LogP contribution in [0.4, 0.5) is 30.6 Å². The summed E-state index contributed by atoms with van der Waals surface area (Å²) in [6, 6.07) is 29.3. The van der Waals surface area contributed by atoms with E-state index in [2.05, 4.69) is 102 Å². The number of nitrogens with two attached hydrogens (primary N) is 2. The number of alkyl halides is 3. The topological polar surface area (TPSA) is 369 Å². The summed E-state index contributed by atoms with van der Waals surface area (Å²) in [7, 11) is 23.2. The smallest absolute Gasteiger partial charge is 0.351 e. The molecule has 668 valence electrons. The highest BCUT2D eigenvalue weighted by atomic mass is 33.3. The Hall–Kier alpha value is -1.45. The number of benzene rings is 3. The second-order valence-corrected chi connectivity index (χ2v) is 86.1. The van der Waals surface area contributed by atoms with Crippen molar-refractivity contribution in [2.75, 3.05) is 37.1 Å². The molecule has 5 aliphatic rings. The van der Waals surface area contributed by atoms with E-state index in [-0.39, 0.29) is 97.8 Å². The van der Waals surface area contributed by atoms with Crippen LogP contribution in [-0.4, -0.2) is 148 Å². The third kappa shape index (κ3) is 26.2. The van der Waals surface area contributed by atoms with Crippen molar-refractivity contribution in [1.82, 2.24) is 38.8 Å². The number of hydrogen-bond donors (Lipinski definition) is 8. The van der Waals surface area contributed by atoms with Gasteiger partial charge in [0.2, 0.25) is 0 Å². The first kappa shape index (κ1) is 106. The third-order valence-corrected chi connectivity index (χ3v) is 110. The first-order valence-electron chi connectivity index (χ1n) is 38.9. The van der Waals surface area contributed by atoms with E-state index in [1.165, 1.54) is 57.1 Å². The van der Waals surface area contributed by atoms with Crippen LogP contribution < -0.4 is 48.8 Å². The second-order valence-electron chi connectivity index (χ2n) is 29.3. The molecule has 0 amide bonds. The number of carbonyl (C=O) groups is 2. The molecule has 6 aromatic rings. The van der Waals surface area contributed by atoms with Gasteiger partial charge < -0.3 is 73.0 Å². The van der Waals surface area contributed by atoms with Gasteiger partial charge in [0.25, 0.3) is 0 Å². The van der Waals surface area contributed by atoms with Gasteiger partial charge in [0.15, 0.2) is 37.2 Å². The lowest BCUT2D eigenvalue weighted by Crippen LogP contribution is -2.48. The Morgan fingerprint density at radius 3 is 1.35 bits per heavy atom. The molecule has 0 radical (unpaired) electrons. The molecule has 3 aliphatic heterocycles. The van der Waals surface area contributed by atoms with Crippen molar-refractivity contribution in [3.63, 3.8) is 0 Å². The van der Waals surface area contributed by atoms with Crippen molar-refractivity contribution in [3.05, 3.63) is 170 Å². The van der Waals surface area contributed by atoms with Gasteiger partial charge >= 0.3 is 36.7 Å². The predicted octanol–water partition coefficient (Wildman–Crippen LogP) is 18.2. The highest BCUT2D eigenvalue weighted by Gasteiger charge is 2.58. The number of aliphatic hydroxyl groups excluding tert-OH is 3. The van der Waals surface area contributed by atoms with Crippen molar-refractivity contribution in [3.8, 4) is 5.75 Å². The minimum Gasteiger partial charge on any atom is -0.497 e. The number of methoxy groups -OCH3 is 1. The molecule has 46 heteroatoms. The number of nitrogens with zero attached hydrogens (tertiary/aromatic N) is 6. The summed E-state index contributed by atoms with van der Waals surface area (Å²) >= 11 is 0. The zero-order chi connectivity index (χ0) is 87.5. The lowest BCUT2D eigenvalue weighted by Gasteiger charge is -2.44. The number of carbonyl (C=O) groups excluding carboxylic acids is 2. The van der Waals surface area contributed by atoms with E-state index in [1.54, 1.807) is 27.0 Å². The van der Waals surface area contributed by atoms with Crippen molar-refractivity contribution in [2.24, 2.45) is 5.92 Å². The lowest BCUT2D eigenvalue weighted by molar-refractivity contribution is -0.152. The molecule has 0 bridgehead atoms. The van der Waals surface area contributed by atoms with Crippen LogP contribution in [0.25, 0.3) is 0 Å². The Balaban J connectivity index is 0.000000240. The largest absolute Gasteiger partial charge is 0.497 e. The van der Waals surface area contributed by atoms with Gasteiger partial charge in [0.1, 0.15) is 76.4 Å². The molecule has 0 spiro atoms. The summed E-state index contributed by atoms with van der Waals surface area (Å²) in [4.78, 5) is 74.8. The minimum absolute atomic E-state index is 0. The van der Waals surface area contributed by atoms with Crippen molar-refractivity contribution in [2.45, 2.75) is 242 Å². The van der Waals surface area contributed by atoms with Crippen LogP contribution in [0.2, 0.25) is 0 Å². The van der Waals surface area contributed by atoms with Crippen LogP contribution in [0.5, 0.6) is 5.75 Å². The highest BCUT2D eigenvalue weighted by molar-refractivity contribution is 9.28. The van der Waals surface area contributed by atoms with Crippen molar-refractivity contribution >= 4 is 158 Å². The van der Waals surface area contributed by atoms with Gasteiger partial charge in [-0.2, -0.15) is 15.0 Å². The first-order valence-corrected chi connectivity index (χ1v) is 66.7. The van der Waals surface area contributed by atoms with E-state index in [1.807, 2.05) is 106 Å². The Bertz CT molecular complexity index is 4360. The van der Waals surface area contributed by atoms with Gasteiger partial charge in [0, 0.05) is 24.5 Å². The summed E-state index contributed by atoms with van der Waals surface area (Å²) in [5, 5.41) is 40.0. The summed E-state index contributed by atoms with van der Waals surface area (Å²) < 4.78 is 102. The van der Waals surface area contributed by atoms with Gasteiger partial charge in [-0.25, -0.2) is 44.7 Å². The number of esters is 2. The SMILES string of the molecule is C.CCC1(CC)O[C@@H](n2ccc(N)nc2=O)[C@H](F)[C@@H]1C.CC[C@]1(CO)O[C@@H](n2ccc(NC(c3ccccc3)(c3ccccc3)c3ccc(OC)cc3)nc2=O)[C@H](F)[C@@H]1O.CC[C@]1(COP(=O)(N[C@@H](C)C(=O)OC2CCCCC2)N[C@@H](C)C(=O)OC2CCCCC2)O[C@@H](n2ccc(N)nc2=O)[C@H](F)[C@@H]1O.P[P-]P(P)P(P(P)P)P(P(P)P)P(P)P. The third-order valence-electron chi connectivity index (χ3n) is 21.8. The number of nitrogen functional groups attached to an aromatic ring is 2. The van der Waals surface area contributed by atoms with E-state index in [4.69, 9.17) is 44.4 Å². The summed E-state index contributed by atoms with van der Waals surface area (Å²) in [6.45, 7) is 11.5. The van der Waals surface area contributed by atoms with E-state index in [9.17, 15) is 48.2 Å². The molecule has 2 aliphatic carbocycles. The maximum Gasteiger partial charge on any atom is 0.351 e. The van der Waals surface area contributed by atoms with Crippen LogP contribution in [0, 0.1) is 5.92 Å². The Morgan fingerprint density at radius 1 is 0.600 bits per heavy atom. The quantitative estimate of drug-likeness (QED) is 0.0114. The molecule has 10 N–H and O–H groups in total. The Labute approximate surface area is 728 Å². The number of aromatic nitrogens is 6. The van der Waals surface area contributed by atoms with Gasteiger partial charge in [0.05, 0.1) is 25.9 Å². The Kier molecular flexibility index (Phi) is 43.1. The number of aliphatic hydroxyl groups is 3. The summed E-state index contributed by atoms with van der Waals surface area (Å²) in [5.41, 5.74) is 6.69. The molecule has 3 aromatic heterocycles. The van der Waals surface area contributed by atoms with Crippen molar-refractivity contribution < 1.29 is 75.6 Å². The number of rotatable bonds is 31. The lowest BCUT2D eigenvalue weighted by atomic mass is 9.77. The van der Waals surface area contributed by atoms with Gasteiger partial charge in [-0.15, -0.1) is 62.5 Å². The molecule has 23 atom stereocenters. The maximum absolute atomic E-state index is 15.5. The Morgan fingerprint density at radius 2 is 0.983 bits per heavy atom. The van der Waals surface area contributed by atoms with Crippen molar-refractivity contribution in [1.29, 1.82) is 0 Å². The van der Waals surface area contributed by atoms with E-state index in [0.717, 1.165) is 90.0 Å². The molecular formula is C74H119F3N11O16P16-. The average molecular weight is 1970 g/mol. The van der Waals surface area contributed by atoms with E-state index >= 15 is 8.78 Å². The van der Waals surface area contributed by atoms with Crippen LogP contribution in [-0.2, 0) is 47.9 Å². The van der Waals surface area contributed by atoms with Crippen LogP contribution in [0.15, 0.2) is 136 Å². The molecule has 120 heavy (non-hydrogen) atoms.